The first kappa shape index (κ1) is 18.7. The van der Waals surface area contributed by atoms with Crippen LogP contribution in [0.5, 0.6) is 0 Å². The molecule has 5 rings (SSSR count). The van der Waals surface area contributed by atoms with E-state index in [1.54, 1.807) is 6.08 Å². The lowest BCUT2D eigenvalue weighted by Crippen LogP contribution is -2.37. The van der Waals surface area contributed by atoms with Gasteiger partial charge in [-0.25, -0.2) is 14.2 Å². The molecule has 4 aromatic rings. The largest absolute Gasteiger partial charge is 0.465 e. The summed E-state index contributed by atoms with van der Waals surface area (Å²) in [5.74, 6) is -1.10. The van der Waals surface area contributed by atoms with Gasteiger partial charge in [-0.05, 0) is 17.2 Å². The maximum Gasteiger partial charge on any atom is 0.362 e. The van der Waals surface area contributed by atoms with Gasteiger partial charge in [0.25, 0.3) is 6.01 Å². The number of hydrogen-bond acceptors (Lipinski definition) is 7. The van der Waals surface area contributed by atoms with Crippen LogP contribution >= 0.6 is 0 Å². The van der Waals surface area contributed by atoms with Gasteiger partial charge in [-0.15, -0.1) is 0 Å². The molecule has 3 heterocycles. The summed E-state index contributed by atoms with van der Waals surface area (Å²) in [6.45, 7) is 0. The highest BCUT2D eigenvalue weighted by Gasteiger charge is 2.39. The van der Waals surface area contributed by atoms with E-state index in [-0.39, 0.29) is 28.4 Å². The van der Waals surface area contributed by atoms with Crippen molar-refractivity contribution in [3.63, 3.8) is 0 Å². The molecular formula is C23H17N3O5. The van der Waals surface area contributed by atoms with Crippen molar-refractivity contribution >= 4 is 23.6 Å². The SMILES string of the molecule is COC(=O)C1=c2oc(=O)/c(=C\c3ccccc3)n2-c2oc(N)nc2[C@H]1c1ccccc1. The van der Waals surface area contributed by atoms with Gasteiger partial charge < -0.3 is 19.3 Å². The topological polar surface area (TPSA) is 113 Å². The molecule has 2 N–H and O–H groups in total. The van der Waals surface area contributed by atoms with E-state index in [9.17, 15) is 9.59 Å². The minimum absolute atomic E-state index is 0.0246. The third-order valence-electron chi connectivity index (χ3n) is 5.13. The third-order valence-corrected chi connectivity index (χ3v) is 5.13. The number of nitrogens with zero attached hydrogens (tertiary/aromatic N) is 2. The number of fused-ring (bicyclic) bond motifs is 3. The van der Waals surface area contributed by atoms with Gasteiger partial charge in [-0.3, -0.25) is 0 Å². The van der Waals surface area contributed by atoms with Gasteiger partial charge in [0.2, 0.25) is 11.4 Å². The number of hydrogen-bond donors (Lipinski definition) is 1. The van der Waals surface area contributed by atoms with Gasteiger partial charge in [0.05, 0.1) is 13.0 Å². The molecule has 8 nitrogen and oxygen atoms in total. The Hall–Kier alpha value is -4.33. The van der Waals surface area contributed by atoms with Crippen LogP contribution in [0.25, 0.3) is 17.5 Å². The third kappa shape index (κ3) is 2.96. The summed E-state index contributed by atoms with van der Waals surface area (Å²) in [7, 11) is 1.27. The van der Waals surface area contributed by atoms with Crippen molar-refractivity contribution in [1.29, 1.82) is 0 Å². The van der Waals surface area contributed by atoms with E-state index in [1.807, 2.05) is 60.7 Å². The average molecular weight is 415 g/mol. The lowest BCUT2D eigenvalue weighted by molar-refractivity contribution is -0.134. The summed E-state index contributed by atoms with van der Waals surface area (Å²) >= 11 is 0. The molecule has 2 aromatic carbocycles. The van der Waals surface area contributed by atoms with E-state index < -0.39 is 17.5 Å². The van der Waals surface area contributed by atoms with E-state index >= 15 is 0 Å². The minimum Gasteiger partial charge on any atom is -0.465 e. The molecular weight excluding hydrogens is 398 g/mol. The quantitative estimate of drug-likeness (QED) is 0.502. The Bertz CT molecular complexity index is 1460. The fraction of sp³-hybridized carbons (Fsp3) is 0.0870. The predicted molar refractivity (Wildman–Crippen MR) is 112 cm³/mol. The van der Waals surface area contributed by atoms with Crippen LogP contribution in [-0.4, -0.2) is 22.6 Å². The molecule has 0 spiro atoms. The Morgan fingerprint density at radius 3 is 2.45 bits per heavy atom. The van der Waals surface area contributed by atoms with Crippen LogP contribution in [0, 0.1) is 0 Å². The highest BCUT2D eigenvalue weighted by molar-refractivity contribution is 6.12. The number of benzene rings is 2. The van der Waals surface area contributed by atoms with E-state index in [0.717, 1.165) is 11.1 Å². The molecule has 0 unspecified atom stereocenters. The first-order valence-electron chi connectivity index (χ1n) is 9.51. The first-order chi connectivity index (χ1) is 15.1. The van der Waals surface area contributed by atoms with Crippen LogP contribution in [0.15, 0.2) is 74.3 Å². The number of carbonyl (C=O) groups is 1. The summed E-state index contributed by atoms with van der Waals surface area (Å²) in [5.41, 5.74) is 7.33. The lowest BCUT2D eigenvalue weighted by atomic mass is 9.87. The standard InChI is InChI=1S/C23H17N3O5/c1-29-22(28)17-16(14-10-6-3-7-11-14)18-20(31-23(24)25-18)26-15(21(27)30-19(17)26)12-13-8-4-2-5-9-13/h2-12,16H,1H3,(H2,24,25)/b15-12+/t16-/m0/s1. The van der Waals surface area contributed by atoms with E-state index in [0.29, 0.717) is 5.69 Å². The Labute approximate surface area is 175 Å². The minimum atomic E-state index is -0.681. The molecule has 0 bridgehead atoms. The monoisotopic (exact) mass is 415 g/mol. The van der Waals surface area contributed by atoms with Crippen LogP contribution in [0.3, 0.4) is 0 Å². The molecule has 0 amide bonds. The second-order valence-corrected chi connectivity index (χ2v) is 6.96. The van der Waals surface area contributed by atoms with Gasteiger partial charge in [0.1, 0.15) is 16.6 Å². The fourth-order valence-corrected chi connectivity index (χ4v) is 3.83. The Balaban J connectivity index is 1.93. The maximum absolute atomic E-state index is 12.9. The Morgan fingerprint density at radius 1 is 1.10 bits per heavy atom. The summed E-state index contributed by atoms with van der Waals surface area (Å²) < 4.78 is 17.7. The number of aromatic nitrogens is 2. The molecule has 0 fully saturated rings. The smallest absolute Gasteiger partial charge is 0.362 e. The van der Waals surface area contributed by atoms with Gasteiger partial charge in [0.15, 0.2) is 0 Å². The molecule has 2 aromatic heterocycles. The molecule has 1 aliphatic heterocycles. The zero-order valence-electron chi connectivity index (χ0n) is 16.4. The molecule has 0 aliphatic carbocycles. The zero-order chi connectivity index (χ0) is 21.5. The number of rotatable bonds is 3. The number of oxazole rings is 2. The lowest BCUT2D eigenvalue weighted by Gasteiger charge is -2.21. The Kier molecular flexibility index (Phi) is 4.32. The number of anilines is 1. The van der Waals surface area contributed by atoms with Crippen molar-refractivity contribution in [2.45, 2.75) is 5.92 Å². The molecule has 0 radical (unpaired) electrons. The molecule has 154 valence electrons. The van der Waals surface area contributed by atoms with Crippen molar-refractivity contribution in [2.75, 3.05) is 12.8 Å². The molecule has 31 heavy (non-hydrogen) atoms. The van der Waals surface area contributed by atoms with Gasteiger partial charge in [-0.2, -0.15) is 4.98 Å². The van der Waals surface area contributed by atoms with Crippen LogP contribution < -0.4 is 22.3 Å². The molecule has 1 atom stereocenters. The number of methoxy groups -OCH3 is 1. The van der Waals surface area contributed by atoms with E-state index in [1.165, 1.54) is 11.7 Å². The summed E-state index contributed by atoms with van der Waals surface area (Å²) in [5, 5.41) is 0.173. The zero-order valence-corrected chi connectivity index (χ0v) is 16.4. The van der Waals surface area contributed by atoms with Gasteiger partial charge in [-0.1, -0.05) is 60.7 Å². The summed E-state index contributed by atoms with van der Waals surface area (Å²) in [4.78, 5) is 30.1. The summed E-state index contributed by atoms with van der Waals surface area (Å²) in [6, 6.07) is 18.4. The Morgan fingerprint density at radius 2 is 1.77 bits per heavy atom. The first-order valence-corrected chi connectivity index (χ1v) is 9.51. The number of ether oxygens (including phenoxy) is 1. The molecule has 1 aliphatic rings. The fourth-order valence-electron chi connectivity index (χ4n) is 3.83. The van der Waals surface area contributed by atoms with Crippen molar-refractivity contribution in [3.05, 3.63) is 98.8 Å². The normalized spacial score (nSPS) is 15.5. The van der Waals surface area contributed by atoms with Crippen molar-refractivity contribution in [3.8, 4) is 5.88 Å². The molecule has 0 saturated carbocycles. The van der Waals surface area contributed by atoms with Crippen LogP contribution in [0.4, 0.5) is 6.01 Å². The van der Waals surface area contributed by atoms with Crippen molar-refractivity contribution < 1.29 is 18.4 Å². The number of nitrogens with two attached hydrogens (primary N) is 1. The van der Waals surface area contributed by atoms with Crippen LogP contribution in [-0.2, 0) is 9.53 Å². The van der Waals surface area contributed by atoms with E-state index in [4.69, 9.17) is 19.3 Å². The second kappa shape index (κ2) is 7.17. The number of nitrogen functional groups attached to an aromatic ring is 1. The number of carbonyl (C=O) groups excluding carboxylic acids is 1. The van der Waals surface area contributed by atoms with Crippen LogP contribution in [0.2, 0.25) is 0 Å². The predicted octanol–water partition coefficient (Wildman–Crippen LogP) is 1.30. The molecule has 0 saturated heterocycles. The van der Waals surface area contributed by atoms with Crippen molar-refractivity contribution in [1.82, 2.24) is 9.55 Å². The van der Waals surface area contributed by atoms with Crippen LogP contribution in [0.1, 0.15) is 22.7 Å². The average Bonchev–Trinajstić information content (AvgIpc) is 3.32. The highest BCUT2D eigenvalue weighted by atomic mass is 16.5. The second-order valence-electron chi connectivity index (χ2n) is 6.96. The van der Waals surface area contributed by atoms with Crippen molar-refractivity contribution in [2.24, 2.45) is 0 Å². The summed E-state index contributed by atoms with van der Waals surface area (Å²) in [6.07, 6.45) is 1.65. The van der Waals surface area contributed by atoms with Gasteiger partial charge >= 0.3 is 11.6 Å². The highest BCUT2D eigenvalue weighted by Crippen LogP contribution is 2.38. The maximum atomic E-state index is 12.9. The number of esters is 1. The molecule has 8 heteroatoms. The van der Waals surface area contributed by atoms with Gasteiger partial charge in [0, 0.05) is 0 Å². The van der Waals surface area contributed by atoms with E-state index in [2.05, 4.69) is 4.98 Å².